The molecular formula is C22H21F2N3O2. The SMILES string of the molecule is O=C(NCc1ccccc1)c1nc2c(o1)CCN(Cc1ccc(F)cc1F)CC2. The third-order valence-electron chi connectivity index (χ3n) is 5.00. The molecular weight excluding hydrogens is 376 g/mol. The van der Waals surface area contributed by atoms with Crippen LogP contribution in [0.3, 0.4) is 0 Å². The highest BCUT2D eigenvalue weighted by Crippen LogP contribution is 2.20. The Kier molecular flexibility index (Phi) is 5.67. The molecule has 1 aliphatic rings. The Morgan fingerprint density at radius 3 is 2.69 bits per heavy atom. The molecule has 1 aliphatic heterocycles. The van der Waals surface area contributed by atoms with Gasteiger partial charge in [-0.15, -0.1) is 0 Å². The molecule has 0 spiro atoms. The lowest BCUT2D eigenvalue weighted by atomic mass is 10.2. The molecule has 2 heterocycles. The number of rotatable bonds is 5. The summed E-state index contributed by atoms with van der Waals surface area (Å²) in [5.41, 5.74) is 2.22. The molecule has 0 atom stereocenters. The van der Waals surface area contributed by atoms with Crippen molar-refractivity contribution in [1.82, 2.24) is 15.2 Å². The van der Waals surface area contributed by atoms with E-state index in [1.165, 1.54) is 12.1 Å². The zero-order valence-corrected chi connectivity index (χ0v) is 15.8. The Hall–Kier alpha value is -3.06. The van der Waals surface area contributed by atoms with E-state index < -0.39 is 11.6 Å². The number of nitrogens with zero attached hydrogens (tertiary/aromatic N) is 2. The van der Waals surface area contributed by atoms with E-state index in [4.69, 9.17) is 4.42 Å². The minimum atomic E-state index is -0.580. The molecule has 4 rings (SSSR count). The van der Waals surface area contributed by atoms with Crippen LogP contribution in [0.4, 0.5) is 8.78 Å². The van der Waals surface area contributed by atoms with Gasteiger partial charge in [-0.1, -0.05) is 36.4 Å². The van der Waals surface area contributed by atoms with Crippen LogP contribution < -0.4 is 5.32 Å². The molecule has 0 saturated carbocycles. The molecule has 0 unspecified atom stereocenters. The molecule has 1 N–H and O–H groups in total. The van der Waals surface area contributed by atoms with E-state index in [1.807, 2.05) is 30.3 Å². The monoisotopic (exact) mass is 397 g/mol. The summed E-state index contributed by atoms with van der Waals surface area (Å²) in [4.78, 5) is 18.8. The van der Waals surface area contributed by atoms with Gasteiger partial charge >= 0.3 is 5.91 Å². The second kappa shape index (κ2) is 8.53. The number of hydrogen-bond donors (Lipinski definition) is 1. The molecule has 1 amide bonds. The van der Waals surface area contributed by atoms with E-state index in [0.717, 1.165) is 17.3 Å². The first-order chi connectivity index (χ1) is 14.1. The standard InChI is InChI=1S/C22H21F2N3O2/c23-17-7-6-16(18(24)12-17)14-27-10-8-19-20(9-11-27)29-22(26-19)21(28)25-13-15-4-2-1-3-5-15/h1-7,12H,8-11,13-14H2,(H,25,28). The van der Waals surface area contributed by atoms with Crippen LogP contribution in [0.25, 0.3) is 0 Å². The van der Waals surface area contributed by atoms with Crippen molar-refractivity contribution in [3.05, 3.63) is 88.6 Å². The zero-order chi connectivity index (χ0) is 20.2. The molecule has 2 aromatic carbocycles. The molecule has 1 aromatic heterocycles. The van der Waals surface area contributed by atoms with Crippen LogP contribution in [-0.4, -0.2) is 28.9 Å². The number of halogens is 2. The summed E-state index contributed by atoms with van der Waals surface area (Å²) in [7, 11) is 0. The van der Waals surface area contributed by atoms with Gasteiger partial charge in [0, 0.05) is 50.7 Å². The maximum absolute atomic E-state index is 13.9. The Morgan fingerprint density at radius 2 is 1.90 bits per heavy atom. The van der Waals surface area contributed by atoms with Gasteiger partial charge in [0.25, 0.3) is 5.89 Å². The van der Waals surface area contributed by atoms with Crippen LogP contribution in [-0.2, 0) is 25.9 Å². The third-order valence-corrected chi connectivity index (χ3v) is 5.00. The highest BCUT2D eigenvalue weighted by molar-refractivity contribution is 5.89. The first kappa shape index (κ1) is 19.3. The van der Waals surface area contributed by atoms with E-state index in [0.29, 0.717) is 50.3 Å². The van der Waals surface area contributed by atoms with Crippen LogP contribution in [0.5, 0.6) is 0 Å². The summed E-state index contributed by atoms with van der Waals surface area (Å²) in [5.74, 6) is -0.696. The average Bonchev–Trinajstić information content (AvgIpc) is 3.05. The fourth-order valence-corrected chi connectivity index (χ4v) is 3.41. The van der Waals surface area contributed by atoms with Crippen molar-refractivity contribution < 1.29 is 18.0 Å². The Morgan fingerprint density at radius 1 is 1.10 bits per heavy atom. The van der Waals surface area contributed by atoms with Crippen molar-refractivity contribution in [2.45, 2.75) is 25.9 Å². The van der Waals surface area contributed by atoms with Crippen LogP contribution in [0.15, 0.2) is 52.9 Å². The maximum Gasteiger partial charge on any atom is 0.307 e. The highest BCUT2D eigenvalue weighted by Gasteiger charge is 2.23. The van der Waals surface area contributed by atoms with Crippen LogP contribution in [0.2, 0.25) is 0 Å². The normalized spacial score (nSPS) is 14.3. The smallest absolute Gasteiger partial charge is 0.307 e. The van der Waals surface area contributed by atoms with Gasteiger partial charge in [-0.25, -0.2) is 13.8 Å². The summed E-state index contributed by atoms with van der Waals surface area (Å²) in [5, 5.41) is 2.81. The van der Waals surface area contributed by atoms with Crippen molar-refractivity contribution in [3.8, 4) is 0 Å². The van der Waals surface area contributed by atoms with Gasteiger partial charge in [-0.2, -0.15) is 0 Å². The van der Waals surface area contributed by atoms with Crippen LogP contribution in [0, 0.1) is 11.6 Å². The van der Waals surface area contributed by atoms with E-state index in [9.17, 15) is 13.6 Å². The van der Waals surface area contributed by atoms with Crippen molar-refractivity contribution in [2.24, 2.45) is 0 Å². The number of aromatic nitrogens is 1. The second-order valence-corrected chi connectivity index (χ2v) is 7.07. The van der Waals surface area contributed by atoms with Crippen molar-refractivity contribution in [3.63, 3.8) is 0 Å². The second-order valence-electron chi connectivity index (χ2n) is 7.07. The average molecular weight is 397 g/mol. The number of carbonyl (C=O) groups excluding carboxylic acids is 1. The highest BCUT2D eigenvalue weighted by atomic mass is 19.1. The number of oxazole rings is 1. The Balaban J connectivity index is 1.35. The van der Waals surface area contributed by atoms with Crippen molar-refractivity contribution in [2.75, 3.05) is 13.1 Å². The van der Waals surface area contributed by atoms with Crippen LogP contribution in [0.1, 0.15) is 33.3 Å². The van der Waals surface area contributed by atoms with E-state index in [-0.39, 0.29) is 11.8 Å². The van der Waals surface area contributed by atoms with Gasteiger partial charge < -0.3 is 9.73 Å². The number of hydrogen-bond acceptors (Lipinski definition) is 4. The van der Waals surface area contributed by atoms with Crippen molar-refractivity contribution in [1.29, 1.82) is 0 Å². The van der Waals surface area contributed by atoms with Gasteiger partial charge in [0.1, 0.15) is 17.4 Å². The van der Waals surface area contributed by atoms with E-state index >= 15 is 0 Å². The first-order valence-corrected chi connectivity index (χ1v) is 9.55. The first-order valence-electron chi connectivity index (χ1n) is 9.55. The minimum Gasteiger partial charge on any atom is -0.437 e. The third kappa shape index (κ3) is 4.68. The molecule has 5 nitrogen and oxygen atoms in total. The summed E-state index contributed by atoms with van der Waals surface area (Å²) < 4.78 is 32.7. The lowest BCUT2D eigenvalue weighted by Gasteiger charge is -2.19. The molecule has 0 fully saturated rings. The van der Waals surface area contributed by atoms with Gasteiger partial charge in [-0.3, -0.25) is 9.69 Å². The van der Waals surface area contributed by atoms with Gasteiger partial charge in [-0.05, 0) is 11.6 Å². The fraction of sp³-hybridized carbons (Fsp3) is 0.273. The van der Waals surface area contributed by atoms with E-state index in [1.54, 1.807) is 0 Å². The molecule has 0 radical (unpaired) electrons. The lowest BCUT2D eigenvalue weighted by Crippen LogP contribution is -2.27. The fourth-order valence-electron chi connectivity index (χ4n) is 3.41. The quantitative estimate of drug-likeness (QED) is 0.716. The Labute approximate surface area is 167 Å². The van der Waals surface area contributed by atoms with Crippen LogP contribution >= 0.6 is 0 Å². The number of nitrogens with one attached hydrogen (secondary N) is 1. The molecule has 7 heteroatoms. The lowest BCUT2D eigenvalue weighted by molar-refractivity contribution is 0.0914. The molecule has 0 saturated heterocycles. The molecule has 3 aromatic rings. The number of fused-ring (bicyclic) bond motifs is 1. The Bertz CT molecular complexity index is 979. The van der Waals surface area contributed by atoms with Gasteiger partial charge in [0.15, 0.2) is 0 Å². The summed E-state index contributed by atoms with van der Waals surface area (Å²) in [6.45, 7) is 2.09. The predicted molar refractivity (Wildman–Crippen MR) is 103 cm³/mol. The largest absolute Gasteiger partial charge is 0.437 e. The van der Waals surface area contributed by atoms with Gasteiger partial charge in [0.2, 0.25) is 0 Å². The molecule has 29 heavy (non-hydrogen) atoms. The van der Waals surface area contributed by atoms with E-state index in [2.05, 4.69) is 15.2 Å². The summed E-state index contributed by atoms with van der Waals surface area (Å²) in [6.07, 6.45) is 1.19. The predicted octanol–water partition coefficient (Wildman–Crippen LogP) is 3.48. The molecule has 0 bridgehead atoms. The molecule has 150 valence electrons. The topological polar surface area (TPSA) is 58.4 Å². The number of amides is 1. The number of benzene rings is 2. The number of carbonyl (C=O) groups is 1. The van der Waals surface area contributed by atoms with Crippen molar-refractivity contribution >= 4 is 5.91 Å². The summed E-state index contributed by atoms with van der Waals surface area (Å²) >= 11 is 0. The minimum absolute atomic E-state index is 0.0731. The molecule has 0 aliphatic carbocycles. The summed E-state index contributed by atoms with van der Waals surface area (Å²) in [6, 6.07) is 13.3. The maximum atomic E-state index is 13.9. The zero-order valence-electron chi connectivity index (χ0n) is 15.8. The van der Waals surface area contributed by atoms with Gasteiger partial charge in [0.05, 0.1) is 5.69 Å².